The van der Waals surface area contributed by atoms with E-state index in [9.17, 15) is 9.59 Å². The number of hydrogen-bond donors (Lipinski definition) is 1. The number of rotatable bonds is 5. The zero-order valence-corrected chi connectivity index (χ0v) is 9.39. The molecule has 1 aliphatic rings. The first-order valence-corrected chi connectivity index (χ1v) is 5.62. The fraction of sp³-hybridized carbons (Fsp3) is 0.545. The highest BCUT2D eigenvalue weighted by molar-refractivity contribution is 5.84. The van der Waals surface area contributed by atoms with Crippen LogP contribution in [0.4, 0.5) is 0 Å². The Morgan fingerprint density at radius 1 is 1.59 bits per heavy atom. The van der Waals surface area contributed by atoms with Crippen molar-refractivity contribution in [2.24, 2.45) is 0 Å². The predicted molar refractivity (Wildman–Crippen MR) is 57.6 cm³/mol. The van der Waals surface area contributed by atoms with Gasteiger partial charge in [-0.25, -0.2) is 9.78 Å². The molecule has 6 nitrogen and oxygen atoms in total. The molecule has 0 bridgehead atoms. The van der Waals surface area contributed by atoms with Gasteiger partial charge in [0.05, 0.1) is 0 Å². The van der Waals surface area contributed by atoms with Crippen molar-refractivity contribution in [3.8, 4) is 0 Å². The lowest BCUT2D eigenvalue weighted by Crippen LogP contribution is -2.25. The van der Waals surface area contributed by atoms with E-state index in [4.69, 9.17) is 9.52 Å². The van der Waals surface area contributed by atoms with Crippen LogP contribution in [0, 0.1) is 0 Å². The van der Waals surface area contributed by atoms with Crippen LogP contribution in [-0.2, 0) is 11.2 Å². The van der Waals surface area contributed by atoms with Gasteiger partial charge in [-0.1, -0.05) is 0 Å². The van der Waals surface area contributed by atoms with Crippen LogP contribution >= 0.6 is 0 Å². The molecule has 2 heterocycles. The summed E-state index contributed by atoms with van der Waals surface area (Å²) in [5.74, 6) is -0.479. The molecule has 1 fully saturated rings. The standard InChI is InChI=1S/C11H14N2O4/c14-10-4-2-6-13(10)5-1-3-9-12-8(7-17-9)11(15)16/h7H,1-6H2,(H,15,16). The maximum atomic E-state index is 11.3. The number of carboxylic acids is 1. The molecule has 2 rings (SSSR count). The van der Waals surface area contributed by atoms with E-state index in [-0.39, 0.29) is 11.6 Å². The Balaban J connectivity index is 1.77. The number of oxazole rings is 1. The van der Waals surface area contributed by atoms with E-state index < -0.39 is 5.97 Å². The van der Waals surface area contributed by atoms with Gasteiger partial charge in [-0.2, -0.15) is 0 Å². The fourth-order valence-corrected chi connectivity index (χ4v) is 1.89. The highest BCUT2D eigenvalue weighted by Gasteiger charge is 2.19. The Morgan fingerprint density at radius 2 is 2.41 bits per heavy atom. The van der Waals surface area contributed by atoms with E-state index in [1.807, 2.05) is 4.90 Å². The Labute approximate surface area is 98.2 Å². The molecule has 0 saturated carbocycles. The smallest absolute Gasteiger partial charge is 0.357 e. The lowest BCUT2D eigenvalue weighted by Gasteiger charge is -2.14. The van der Waals surface area contributed by atoms with E-state index in [1.54, 1.807) is 0 Å². The van der Waals surface area contributed by atoms with Crippen LogP contribution in [0.15, 0.2) is 10.7 Å². The second-order valence-electron chi connectivity index (χ2n) is 4.02. The summed E-state index contributed by atoms with van der Waals surface area (Å²) < 4.78 is 5.02. The van der Waals surface area contributed by atoms with E-state index in [0.717, 1.165) is 25.6 Å². The average molecular weight is 238 g/mol. The zero-order valence-electron chi connectivity index (χ0n) is 9.39. The fourth-order valence-electron chi connectivity index (χ4n) is 1.89. The van der Waals surface area contributed by atoms with Gasteiger partial charge in [0, 0.05) is 25.9 Å². The quantitative estimate of drug-likeness (QED) is 0.824. The van der Waals surface area contributed by atoms with Gasteiger partial charge in [0.2, 0.25) is 5.91 Å². The highest BCUT2D eigenvalue weighted by atomic mass is 16.4. The van der Waals surface area contributed by atoms with Crippen LogP contribution < -0.4 is 0 Å². The van der Waals surface area contributed by atoms with Gasteiger partial charge >= 0.3 is 5.97 Å². The molecular weight excluding hydrogens is 224 g/mol. The normalized spacial score (nSPS) is 15.5. The molecule has 1 saturated heterocycles. The van der Waals surface area contributed by atoms with Gasteiger partial charge in [-0.15, -0.1) is 0 Å². The number of likely N-dealkylation sites (tertiary alicyclic amines) is 1. The number of carbonyl (C=O) groups is 2. The minimum atomic E-state index is -1.09. The molecule has 6 heteroatoms. The molecule has 1 aromatic rings. The summed E-state index contributed by atoms with van der Waals surface area (Å²) >= 11 is 0. The van der Waals surface area contributed by atoms with Gasteiger partial charge in [-0.3, -0.25) is 4.79 Å². The van der Waals surface area contributed by atoms with Crippen molar-refractivity contribution in [2.75, 3.05) is 13.1 Å². The minimum Gasteiger partial charge on any atom is -0.476 e. The van der Waals surface area contributed by atoms with Crippen molar-refractivity contribution < 1.29 is 19.1 Å². The second kappa shape index (κ2) is 4.99. The van der Waals surface area contributed by atoms with E-state index in [0.29, 0.717) is 25.3 Å². The molecule has 92 valence electrons. The van der Waals surface area contributed by atoms with E-state index >= 15 is 0 Å². The molecule has 0 aliphatic carbocycles. The van der Waals surface area contributed by atoms with Crippen molar-refractivity contribution >= 4 is 11.9 Å². The summed E-state index contributed by atoms with van der Waals surface area (Å²) in [5, 5.41) is 8.66. The summed E-state index contributed by atoms with van der Waals surface area (Å²) in [4.78, 5) is 27.5. The van der Waals surface area contributed by atoms with Crippen molar-refractivity contribution in [3.63, 3.8) is 0 Å². The van der Waals surface area contributed by atoms with Crippen LogP contribution in [0.1, 0.15) is 35.6 Å². The molecule has 0 unspecified atom stereocenters. The Morgan fingerprint density at radius 3 is 3.00 bits per heavy atom. The monoisotopic (exact) mass is 238 g/mol. The van der Waals surface area contributed by atoms with Crippen LogP contribution in [-0.4, -0.2) is 40.0 Å². The van der Waals surface area contributed by atoms with Crippen LogP contribution in [0.5, 0.6) is 0 Å². The maximum Gasteiger partial charge on any atom is 0.357 e. The number of carbonyl (C=O) groups excluding carboxylic acids is 1. The van der Waals surface area contributed by atoms with Crippen molar-refractivity contribution in [1.82, 2.24) is 9.88 Å². The van der Waals surface area contributed by atoms with Gasteiger partial charge in [0.25, 0.3) is 0 Å². The number of nitrogens with zero attached hydrogens (tertiary/aromatic N) is 2. The van der Waals surface area contributed by atoms with E-state index in [1.165, 1.54) is 0 Å². The number of carboxylic acid groups (broad SMARTS) is 1. The molecule has 1 aromatic heterocycles. The van der Waals surface area contributed by atoms with Crippen molar-refractivity contribution in [3.05, 3.63) is 17.8 Å². The van der Waals surface area contributed by atoms with Gasteiger partial charge in [0.1, 0.15) is 6.26 Å². The number of amides is 1. The first kappa shape index (κ1) is 11.6. The first-order valence-electron chi connectivity index (χ1n) is 5.62. The third kappa shape index (κ3) is 2.83. The highest BCUT2D eigenvalue weighted by Crippen LogP contribution is 2.11. The second-order valence-corrected chi connectivity index (χ2v) is 4.02. The Bertz CT molecular complexity index is 427. The van der Waals surface area contributed by atoms with Crippen LogP contribution in [0.25, 0.3) is 0 Å². The topological polar surface area (TPSA) is 83.6 Å². The summed E-state index contributed by atoms with van der Waals surface area (Å²) in [6, 6.07) is 0. The zero-order chi connectivity index (χ0) is 12.3. The summed E-state index contributed by atoms with van der Waals surface area (Å²) in [5.41, 5.74) is -0.0720. The van der Waals surface area contributed by atoms with Gasteiger partial charge in [0.15, 0.2) is 11.6 Å². The average Bonchev–Trinajstić information content (AvgIpc) is 2.89. The third-order valence-electron chi connectivity index (χ3n) is 2.76. The Hall–Kier alpha value is -1.85. The van der Waals surface area contributed by atoms with E-state index in [2.05, 4.69) is 4.98 Å². The summed E-state index contributed by atoms with van der Waals surface area (Å²) in [7, 11) is 0. The third-order valence-corrected chi connectivity index (χ3v) is 2.76. The van der Waals surface area contributed by atoms with Crippen LogP contribution in [0.2, 0.25) is 0 Å². The number of aryl methyl sites for hydroxylation is 1. The summed E-state index contributed by atoms with van der Waals surface area (Å²) in [6.07, 6.45) is 4.00. The lowest BCUT2D eigenvalue weighted by atomic mass is 10.3. The molecular formula is C11H14N2O4. The molecule has 0 radical (unpaired) electrons. The number of hydrogen-bond acceptors (Lipinski definition) is 4. The lowest BCUT2D eigenvalue weighted by molar-refractivity contribution is -0.127. The molecule has 0 aromatic carbocycles. The molecule has 1 N–H and O–H groups in total. The maximum absolute atomic E-state index is 11.3. The summed E-state index contributed by atoms with van der Waals surface area (Å²) in [6.45, 7) is 1.51. The number of aromatic nitrogens is 1. The molecule has 1 aliphatic heterocycles. The Kier molecular flexibility index (Phi) is 3.41. The van der Waals surface area contributed by atoms with Crippen LogP contribution in [0.3, 0.4) is 0 Å². The molecule has 17 heavy (non-hydrogen) atoms. The largest absolute Gasteiger partial charge is 0.476 e. The van der Waals surface area contributed by atoms with Crippen molar-refractivity contribution in [2.45, 2.75) is 25.7 Å². The predicted octanol–water partition coefficient (Wildman–Crippen LogP) is 0.928. The molecule has 1 amide bonds. The minimum absolute atomic E-state index is 0.0720. The molecule has 0 atom stereocenters. The molecule has 0 spiro atoms. The van der Waals surface area contributed by atoms with Gasteiger partial charge in [-0.05, 0) is 12.8 Å². The van der Waals surface area contributed by atoms with Crippen molar-refractivity contribution in [1.29, 1.82) is 0 Å². The first-order chi connectivity index (χ1) is 8.16. The SMILES string of the molecule is O=C(O)c1coc(CCCN2CCCC2=O)n1. The number of aromatic carboxylic acids is 1. The van der Waals surface area contributed by atoms with Gasteiger partial charge < -0.3 is 14.4 Å².